The first-order chi connectivity index (χ1) is 35.5. The van der Waals surface area contributed by atoms with Gasteiger partial charge in [0.15, 0.2) is 12.3 Å². The number of ether oxygens (including phenoxy) is 7. The van der Waals surface area contributed by atoms with Gasteiger partial charge in [-0.1, -0.05) is 49.2 Å². The van der Waals surface area contributed by atoms with Crippen LogP contribution in [-0.4, -0.2) is 165 Å². The average Bonchev–Trinajstić information content (AvgIpc) is 3.87. The topological polar surface area (TPSA) is 135 Å². The monoisotopic (exact) mass is 1030 g/mol. The Balaban J connectivity index is 1.26. The van der Waals surface area contributed by atoms with E-state index in [1.165, 1.54) is 56.2 Å². The third kappa shape index (κ3) is 15.5. The van der Waals surface area contributed by atoms with E-state index in [2.05, 4.69) is 126 Å². The molecule has 15 nitrogen and oxygen atoms in total. The third-order valence-corrected chi connectivity index (χ3v) is 14.5. The molecule has 3 heterocycles. The maximum atomic E-state index is 12.6. The summed E-state index contributed by atoms with van der Waals surface area (Å²) in [7, 11) is 7.64. The number of hydroxylamine groups is 2. The van der Waals surface area contributed by atoms with E-state index in [1.54, 1.807) is 14.2 Å². The lowest BCUT2D eigenvalue weighted by molar-refractivity contribution is -0.890. The third-order valence-electron chi connectivity index (χ3n) is 14.5. The van der Waals surface area contributed by atoms with Crippen molar-refractivity contribution in [3.05, 3.63) is 106 Å². The number of hydrogen-bond acceptors (Lipinski definition) is 12. The molecule has 2 aromatic carbocycles. The number of methoxy groups -OCH3 is 2. The molecule has 4 aliphatic rings. The van der Waals surface area contributed by atoms with Gasteiger partial charge < -0.3 is 47.4 Å². The van der Waals surface area contributed by atoms with Crippen molar-refractivity contribution in [2.75, 3.05) is 132 Å². The number of allylic oxidation sites excluding steroid dienone is 7. The average molecular weight is 1030 g/mol. The van der Waals surface area contributed by atoms with E-state index in [9.17, 15) is 14.4 Å². The summed E-state index contributed by atoms with van der Waals surface area (Å²) in [6.07, 6.45) is 13.6. The Hall–Kier alpha value is -5.00. The van der Waals surface area contributed by atoms with Gasteiger partial charge in [-0.3, -0.25) is 9.59 Å². The smallest absolute Gasteiger partial charge is 0.333 e. The van der Waals surface area contributed by atoms with Gasteiger partial charge in [0.05, 0.1) is 105 Å². The highest BCUT2D eigenvalue weighted by Crippen LogP contribution is 2.48. The second kappa shape index (κ2) is 27.7. The van der Waals surface area contributed by atoms with Crippen LogP contribution in [0.1, 0.15) is 101 Å². The van der Waals surface area contributed by atoms with Crippen LogP contribution in [0.25, 0.3) is 0 Å². The molecule has 0 radical (unpaired) electrons. The highest BCUT2D eigenvalue weighted by atomic mass is 16.7. The van der Waals surface area contributed by atoms with Crippen LogP contribution in [0.5, 0.6) is 0 Å². The number of carbonyl (C=O) groups is 3. The predicted octanol–water partition coefficient (Wildman–Crippen LogP) is 8.51. The summed E-state index contributed by atoms with van der Waals surface area (Å²) < 4.78 is 43.8. The second-order valence-corrected chi connectivity index (χ2v) is 21.4. The SMILES string of the molecule is COCCOCCOCCN1/C(=C/C=C2\CCCC(/C=C/C3=[N+](CCOCCOCCOC)c4ccc(C)cc4C3(C)C)=C2OCCC[N+](C)(C)CCCC(=O)ON2C(=O)CCC2=O)C(C)(C)c2cc(C)ccc21. The Morgan fingerprint density at radius 1 is 0.689 bits per heavy atom. The van der Waals surface area contributed by atoms with E-state index in [-0.39, 0.29) is 30.1 Å². The van der Waals surface area contributed by atoms with Gasteiger partial charge in [-0.25, -0.2) is 4.79 Å². The van der Waals surface area contributed by atoms with Crippen LogP contribution in [-0.2, 0) is 63.2 Å². The Morgan fingerprint density at radius 3 is 1.97 bits per heavy atom. The number of rotatable bonds is 31. The Kier molecular flexibility index (Phi) is 21.8. The summed E-state index contributed by atoms with van der Waals surface area (Å²) in [5, 5.41) is 0.621. The van der Waals surface area contributed by atoms with Crippen molar-refractivity contribution in [1.82, 2.24) is 5.06 Å². The molecular weight excluding hydrogens is 941 g/mol. The van der Waals surface area contributed by atoms with Crippen LogP contribution in [0.15, 0.2) is 83.3 Å². The fourth-order valence-corrected chi connectivity index (χ4v) is 10.3. The molecule has 0 unspecified atom stereocenters. The highest BCUT2D eigenvalue weighted by Gasteiger charge is 2.45. The fourth-order valence-electron chi connectivity index (χ4n) is 10.3. The molecule has 0 spiro atoms. The summed E-state index contributed by atoms with van der Waals surface area (Å²) in [6, 6.07) is 13.5. The van der Waals surface area contributed by atoms with Gasteiger partial charge in [-0.15, -0.1) is 5.06 Å². The number of fused-ring (bicyclic) bond motifs is 2. The van der Waals surface area contributed by atoms with Crippen molar-refractivity contribution in [1.29, 1.82) is 0 Å². The van der Waals surface area contributed by atoms with E-state index in [0.29, 0.717) is 108 Å². The fraction of sp³-hybridized carbons (Fsp3) is 0.593. The molecule has 1 aliphatic carbocycles. The van der Waals surface area contributed by atoms with Gasteiger partial charge in [0.1, 0.15) is 12.4 Å². The first-order valence-corrected chi connectivity index (χ1v) is 26.8. The van der Waals surface area contributed by atoms with E-state index in [0.717, 1.165) is 38.0 Å². The van der Waals surface area contributed by atoms with Crippen LogP contribution < -0.4 is 4.90 Å². The zero-order chi connectivity index (χ0) is 53.3. The minimum Gasteiger partial charge on any atom is -0.493 e. The molecule has 6 rings (SSSR count). The summed E-state index contributed by atoms with van der Waals surface area (Å²) in [4.78, 5) is 44.0. The second-order valence-electron chi connectivity index (χ2n) is 21.4. The van der Waals surface area contributed by atoms with Crippen LogP contribution in [0.3, 0.4) is 0 Å². The Morgan fingerprint density at radius 2 is 1.30 bits per heavy atom. The molecule has 3 aliphatic heterocycles. The van der Waals surface area contributed by atoms with Crippen molar-refractivity contribution in [2.45, 2.75) is 104 Å². The predicted molar refractivity (Wildman–Crippen MR) is 288 cm³/mol. The number of carbonyl (C=O) groups excluding carboxylic acids is 3. The van der Waals surface area contributed by atoms with Crippen molar-refractivity contribution in [3.63, 3.8) is 0 Å². The minimum absolute atomic E-state index is 0.0742. The lowest BCUT2D eigenvalue weighted by atomic mass is 9.80. The molecule has 0 bridgehead atoms. The number of quaternary nitrogens is 1. The largest absolute Gasteiger partial charge is 0.493 e. The number of aryl methyl sites for hydroxylation is 2. The number of amides is 2. The molecule has 74 heavy (non-hydrogen) atoms. The van der Waals surface area contributed by atoms with Crippen molar-refractivity contribution in [2.24, 2.45) is 0 Å². The zero-order valence-corrected chi connectivity index (χ0v) is 46.3. The van der Waals surface area contributed by atoms with Crippen molar-refractivity contribution >= 4 is 34.9 Å². The first kappa shape index (κ1) is 58.3. The Bertz CT molecular complexity index is 2400. The quantitative estimate of drug-likeness (QED) is 0.0310. The van der Waals surface area contributed by atoms with Crippen LogP contribution in [0, 0.1) is 13.8 Å². The molecule has 2 aromatic rings. The van der Waals surface area contributed by atoms with Crippen LogP contribution in [0.4, 0.5) is 11.4 Å². The van der Waals surface area contributed by atoms with E-state index in [4.69, 9.17) is 38.0 Å². The number of hydrogen-bond donors (Lipinski definition) is 0. The minimum atomic E-state index is -0.568. The van der Waals surface area contributed by atoms with Crippen LogP contribution >= 0.6 is 0 Å². The first-order valence-electron chi connectivity index (χ1n) is 26.8. The van der Waals surface area contributed by atoms with Gasteiger partial charge in [0.2, 0.25) is 5.69 Å². The lowest BCUT2D eigenvalue weighted by Crippen LogP contribution is -2.42. The molecule has 0 atom stereocenters. The number of imide groups is 1. The van der Waals surface area contributed by atoms with Gasteiger partial charge >= 0.3 is 5.97 Å². The van der Waals surface area contributed by atoms with Crippen molar-refractivity contribution in [3.8, 4) is 0 Å². The molecule has 1 fully saturated rings. The molecule has 1 saturated heterocycles. The number of anilines is 1. The molecule has 0 aromatic heterocycles. The zero-order valence-electron chi connectivity index (χ0n) is 46.3. The van der Waals surface area contributed by atoms with E-state index >= 15 is 0 Å². The molecule has 0 N–H and O–H groups in total. The number of nitrogens with zero attached hydrogens (tertiary/aromatic N) is 4. The van der Waals surface area contributed by atoms with Gasteiger partial charge in [-0.05, 0) is 88.0 Å². The standard InChI is InChI=1S/C59H86N4O11/c1-44-17-21-50-48(42-44)58(3,4)52(60(50)27-32-69-38-40-71-36-34-67-9)23-19-46-14-11-15-47(57(46)73-31-13-30-63(7,8)29-12-16-56(66)74-62-54(64)25-26-55(62)65)20-24-53-59(5,6)49-43-45(2)18-22-51(49)61(53)28-33-70-39-41-72-37-35-68-10/h17-24,42-43H,11-16,25-41H2,1-10H3/q+2. The highest BCUT2D eigenvalue weighted by molar-refractivity contribution is 6.03. The van der Waals surface area contributed by atoms with Crippen LogP contribution in [0.2, 0.25) is 0 Å². The van der Waals surface area contributed by atoms with E-state index in [1.807, 2.05) is 0 Å². The molecule has 15 heteroatoms. The lowest BCUT2D eigenvalue weighted by Gasteiger charge is -2.30. The summed E-state index contributed by atoms with van der Waals surface area (Å²) in [6.45, 7) is 22.4. The Labute approximate surface area is 441 Å². The van der Waals surface area contributed by atoms with Gasteiger partial charge in [0.25, 0.3) is 11.8 Å². The van der Waals surface area contributed by atoms with Gasteiger partial charge in [0, 0.05) is 81.0 Å². The maximum Gasteiger partial charge on any atom is 0.333 e. The summed E-state index contributed by atoms with van der Waals surface area (Å²) in [5.74, 6) is -0.570. The maximum absolute atomic E-state index is 12.6. The molecular formula is C59H86N4O11+2. The number of benzene rings is 2. The van der Waals surface area contributed by atoms with E-state index < -0.39 is 17.8 Å². The van der Waals surface area contributed by atoms with Crippen molar-refractivity contribution < 1.29 is 61.4 Å². The summed E-state index contributed by atoms with van der Waals surface area (Å²) in [5.41, 5.74) is 11.7. The molecule has 406 valence electrons. The molecule has 2 amide bonds. The normalized spacial score (nSPS) is 18.5. The summed E-state index contributed by atoms with van der Waals surface area (Å²) >= 11 is 0. The molecule has 0 saturated carbocycles. The van der Waals surface area contributed by atoms with Gasteiger partial charge in [-0.2, -0.15) is 4.58 Å².